The largest absolute Gasteiger partial charge is 0.357 e. The SMILES string of the molecule is CCNC(=NCc1ccccc1NS(C)(=O)=O)NCCCc1ccc(C(C)C)cc1.I. The molecule has 0 unspecified atom stereocenters. The zero-order valence-corrected chi connectivity index (χ0v) is 22.0. The van der Waals surface area contributed by atoms with Gasteiger partial charge in [-0.1, -0.05) is 56.3 Å². The molecule has 8 heteroatoms. The van der Waals surface area contributed by atoms with Crippen molar-refractivity contribution in [1.29, 1.82) is 0 Å². The van der Waals surface area contributed by atoms with Crippen molar-refractivity contribution >= 4 is 45.6 Å². The lowest BCUT2D eigenvalue weighted by Gasteiger charge is -2.13. The van der Waals surface area contributed by atoms with Gasteiger partial charge in [0, 0.05) is 13.1 Å². The van der Waals surface area contributed by atoms with Crippen LogP contribution < -0.4 is 15.4 Å². The summed E-state index contributed by atoms with van der Waals surface area (Å²) in [4.78, 5) is 4.61. The van der Waals surface area contributed by atoms with E-state index < -0.39 is 10.0 Å². The first-order valence-corrected chi connectivity index (χ1v) is 12.3. The zero-order valence-electron chi connectivity index (χ0n) is 18.8. The number of hydrogen-bond acceptors (Lipinski definition) is 3. The molecular weight excluding hydrogens is 523 g/mol. The van der Waals surface area contributed by atoms with E-state index in [0.29, 0.717) is 18.2 Å². The van der Waals surface area contributed by atoms with Gasteiger partial charge in [-0.2, -0.15) is 0 Å². The Bertz CT molecular complexity index is 929. The number of nitrogens with one attached hydrogen (secondary N) is 3. The average molecular weight is 559 g/mol. The van der Waals surface area contributed by atoms with Gasteiger partial charge < -0.3 is 10.6 Å². The second kappa shape index (κ2) is 13.6. The van der Waals surface area contributed by atoms with Gasteiger partial charge in [0.1, 0.15) is 0 Å². The van der Waals surface area contributed by atoms with Crippen LogP contribution in [-0.2, 0) is 23.0 Å². The second-order valence-electron chi connectivity index (χ2n) is 7.65. The maximum Gasteiger partial charge on any atom is 0.229 e. The first-order valence-electron chi connectivity index (χ1n) is 10.4. The molecule has 0 heterocycles. The normalized spacial score (nSPS) is 11.7. The van der Waals surface area contributed by atoms with E-state index in [9.17, 15) is 8.42 Å². The highest BCUT2D eigenvalue weighted by Crippen LogP contribution is 2.17. The van der Waals surface area contributed by atoms with Crippen LogP contribution >= 0.6 is 24.0 Å². The van der Waals surface area contributed by atoms with Crippen LogP contribution in [0.3, 0.4) is 0 Å². The van der Waals surface area contributed by atoms with Crippen molar-refractivity contribution < 1.29 is 8.42 Å². The molecule has 0 atom stereocenters. The van der Waals surface area contributed by atoms with E-state index in [2.05, 4.69) is 58.5 Å². The van der Waals surface area contributed by atoms with Crippen LogP contribution in [-0.4, -0.2) is 33.7 Å². The number of halogens is 1. The van der Waals surface area contributed by atoms with Gasteiger partial charge in [-0.25, -0.2) is 13.4 Å². The number of aliphatic imine (C=N–C) groups is 1. The van der Waals surface area contributed by atoms with Crippen molar-refractivity contribution in [2.75, 3.05) is 24.1 Å². The molecule has 0 aromatic heterocycles. The fourth-order valence-electron chi connectivity index (χ4n) is 3.03. The molecule has 2 aromatic rings. The van der Waals surface area contributed by atoms with Crippen molar-refractivity contribution in [3.05, 3.63) is 65.2 Å². The monoisotopic (exact) mass is 558 g/mol. The van der Waals surface area contributed by atoms with E-state index >= 15 is 0 Å². The molecule has 0 spiro atoms. The van der Waals surface area contributed by atoms with E-state index in [0.717, 1.165) is 43.7 Å². The quantitative estimate of drug-likeness (QED) is 0.174. The number of nitrogens with zero attached hydrogens (tertiary/aromatic N) is 1. The molecule has 0 aliphatic carbocycles. The van der Waals surface area contributed by atoms with Gasteiger partial charge in [0.2, 0.25) is 10.0 Å². The summed E-state index contributed by atoms with van der Waals surface area (Å²) in [6.07, 6.45) is 3.15. The maximum atomic E-state index is 11.6. The molecule has 0 saturated carbocycles. The van der Waals surface area contributed by atoms with Crippen LogP contribution in [0, 0.1) is 0 Å². The first-order chi connectivity index (χ1) is 14.3. The topological polar surface area (TPSA) is 82.6 Å². The molecule has 0 amide bonds. The predicted octanol–water partition coefficient (Wildman–Crippen LogP) is 4.49. The number of sulfonamides is 1. The van der Waals surface area contributed by atoms with E-state index in [1.54, 1.807) is 12.1 Å². The fourth-order valence-corrected chi connectivity index (χ4v) is 3.63. The number of hydrogen-bond donors (Lipinski definition) is 3. The summed E-state index contributed by atoms with van der Waals surface area (Å²) in [7, 11) is -3.33. The Morgan fingerprint density at radius 1 is 1.03 bits per heavy atom. The highest BCUT2D eigenvalue weighted by Gasteiger charge is 2.07. The van der Waals surface area contributed by atoms with Gasteiger partial charge in [-0.05, 0) is 48.4 Å². The van der Waals surface area contributed by atoms with Crippen LogP contribution in [0.5, 0.6) is 0 Å². The maximum absolute atomic E-state index is 11.6. The third kappa shape index (κ3) is 10.4. The Labute approximate surface area is 204 Å². The van der Waals surface area contributed by atoms with Crippen LogP contribution in [0.1, 0.15) is 49.8 Å². The molecule has 3 N–H and O–H groups in total. The van der Waals surface area contributed by atoms with Gasteiger partial charge in [0.15, 0.2) is 5.96 Å². The molecule has 2 aromatic carbocycles. The minimum Gasteiger partial charge on any atom is -0.357 e. The molecule has 172 valence electrons. The molecule has 0 fully saturated rings. The van der Waals surface area contributed by atoms with E-state index in [1.807, 2.05) is 19.1 Å². The summed E-state index contributed by atoms with van der Waals surface area (Å²) in [5, 5.41) is 6.60. The summed E-state index contributed by atoms with van der Waals surface area (Å²) in [6, 6.07) is 16.1. The van der Waals surface area contributed by atoms with Crippen molar-refractivity contribution in [2.24, 2.45) is 4.99 Å². The predicted molar refractivity (Wildman–Crippen MR) is 142 cm³/mol. The molecule has 31 heavy (non-hydrogen) atoms. The van der Waals surface area contributed by atoms with E-state index in [1.165, 1.54) is 11.1 Å². The van der Waals surface area contributed by atoms with Crippen LogP contribution in [0.2, 0.25) is 0 Å². The summed E-state index contributed by atoms with van der Waals surface area (Å²) in [5.41, 5.74) is 4.09. The Balaban J connectivity index is 0.00000480. The summed E-state index contributed by atoms with van der Waals surface area (Å²) in [6.45, 7) is 8.37. The molecule has 0 aliphatic heterocycles. The minimum absolute atomic E-state index is 0. The van der Waals surface area contributed by atoms with E-state index in [-0.39, 0.29) is 24.0 Å². The third-order valence-corrected chi connectivity index (χ3v) is 5.24. The van der Waals surface area contributed by atoms with Gasteiger partial charge >= 0.3 is 0 Å². The minimum atomic E-state index is -3.33. The molecule has 0 saturated heterocycles. The number of benzene rings is 2. The summed E-state index contributed by atoms with van der Waals surface area (Å²) < 4.78 is 25.7. The lowest BCUT2D eigenvalue weighted by Crippen LogP contribution is -2.37. The first kappa shape index (κ1) is 27.2. The molecule has 2 rings (SSSR count). The second-order valence-corrected chi connectivity index (χ2v) is 9.40. The Kier molecular flexibility index (Phi) is 11.9. The zero-order chi connectivity index (χ0) is 22.0. The van der Waals surface area contributed by atoms with Crippen LogP contribution in [0.25, 0.3) is 0 Å². The third-order valence-electron chi connectivity index (χ3n) is 4.65. The molecule has 0 radical (unpaired) electrons. The molecule has 6 nitrogen and oxygen atoms in total. The summed E-state index contributed by atoms with van der Waals surface area (Å²) >= 11 is 0. The lowest BCUT2D eigenvalue weighted by atomic mass is 10.0. The number of aryl methyl sites for hydroxylation is 1. The van der Waals surface area contributed by atoms with Crippen LogP contribution in [0.4, 0.5) is 5.69 Å². The van der Waals surface area contributed by atoms with Gasteiger partial charge in [0.25, 0.3) is 0 Å². The number of anilines is 1. The van der Waals surface area contributed by atoms with E-state index in [4.69, 9.17) is 0 Å². The van der Waals surface area contributed by atoms with Crippen molar-refractivity contribution in [3.8, 4) is 0 Å². The summed E-state index contributed by atoms with van der Waals surface area (Å²) in [5.74, 6) is 1.28. The highest BCUT2D eigenvalue weighted by molar-refractivity contribution is 14.0. The smallest absolute Gasteiger partial charge is 0.229 e. The van der Waals surface area contributed by atoms with Gasteiger partial charge in [0.05, 0.1) is 18.5 Å². The van der Waals surface area contributed by atoms with Crippen LogP contribution in [0.15, 0.2) is 53.5 Å². The Morgan fingerprint density at radius 2 is 1.71 bits per heavy atom. The van der Waals surface area contributed by atoms with Crippen molar-refractivity contribution in [3.63, 3.8) is 0 Å². The van der Waals surface area contributed by atoms with Gasteiger partial charge in [-0.3, -0.25) is 4.72 Å². The fraction of sp³-hybridized carbons (Fsp3) is 0.435. The average Bonchev–Trinajstić information content (AvgIpc) is 2.69. The standard InChI is InChI=1S/C23H34N4O2S.HI/c1-5-24-23(25-16-8-9-19-12-14-20(15-13-19)18(2)3)26-17-21-10-6-7-11-22(21)27-30(4,28)29;/h6-7,10-15,18,27H,5,8-9,16-17H2,1-4H3,(H2,24,25,26);1H. The number of para-hydroxylation sites is 1. The number of guanidine groups is 1. The number of rotatable bonds is 10. The Hall–Kier alpha value is -1.81. The Morgan fingerprint density at radius 3 is 2.32 bits per heavy atom. The molecular formula is C23H35IN4O2S. The molecule has 0 bridgehead atoms. The van der Waals surface area contributed by atoms with Gasteiger partial charge in [-0.15, -0.1) is 24.0 Å². The highest BCUT2D eigenvalue weighted by atomic mass is 127. The van der Waals surface area contributed by atoms with Crippen molar-refractivity contribution in [1.82, 2.24) is 10.6 Å². The molecule has 0 aliphatic rings. The van der Waals surface area contributed by atoms with Crippen molar-refractivity contribution in [2.45, 2.75) is 46.1 Å². The lowest BCUT2D eigenvalue weighted by molar-refractivity contribution is 0.606.